The van der Waals surface area contributed by atoms with Gasteiger partial charge in [0.2, 0.25) is 5.95 Å². The van der Waals surface area contributed by atoms with Gasteiger partial charge in [-0.1, -0.05) is 31.2 Å². The van der Waals surface area contributed by atoms with Gasteiger partial charge in [-0.15, -0.1) is 5.10 Å². The van der Waals surface area contributed by atoms with Crippen LogP contribution in [0.2, 0.25) is 0 Å². The van der Waals surface area contributed by atoms with E-state index in [2.05, 4.69) is 22.7 Å². The number of hydrogen-bond acceptors (Lipinski definition) is 7. The number of anilines is 1. The third-order valence-corrected chi connectivity index (χ3v) is 5.77. The normalized spacial score (nSPS) is 19.0. The van der Waals surface area contributed by atoms with Crippen LogP contribution >= 0.6 is 0 Å². The van der Waals surface area contributed by atoms with Crippen molar-refractivity contribution in [1.82, 2.24) is 20.1 Å². The predicted octanol–water partition coefficient (Wildman–Crippen LogP) is 2.65. The fraction of sp³-hybridized carbons (Fsp3) is 0.409. The number of benzene rings is 1. The monoisotopic (exact) mass is 408 g/mol. The number of nitrogens with two attached hydrogens (primary N) is 1. The fourth-order valence-electron chi connectivity index (χ4n) is 3.74. The Bertz CT molecular complexity index is 1010. The molecule has 30 heavy (non-hydrogen) atoms. The van der Waals surface area contributed by atoms with Crippen LogP contribution in [0.15, 0.2) is 41.2 Å². The lowest BCUT2D eigenvalue weighted by Gasteiger charge is -2.27. The van der Waals surface area contributed by atoms with Gasteiger partial charge >= 0.3 is 0 Å². The van der Waals surface area contributed by atoms with E-state index in [4.69, 9.17) is 15.1 Å². The Kier molecular flexibility index (Phi) is 5.96. The molecule has 8 nitrogen and oxygen atoms in total. The summed E-state index contributed by atoms with van der Waals surface area (Å²) in [6.45, 7) is 6.89. The number of rotatable bonds is 6. The maximum absolute atomic E-state index is 13.2. The lowest BCUT2D eigenvalue weighted by Crippen LogP contribution is -2.34. The van der Waals surface area contributed by atoms with Gasteiger partial charge in [0, 0.05) is 31.1 Å². The molecule has 3 heterocycles. The number of aryl methyl sites for hydroxylation is 1. The zero-order chi connectivity index (χ0) is 21.1. The first-order chi connectivity index (χ1) is 14.6. The van der Waals surface area contributed by atoms with Crippen molar-refractivity contribution in [2.24, 2.45) is 11.7 Å². The summed E-state index contributed by atoms with van der Waals surface area (Å²) in [7, 11) is 0. The molecule has 0 bridgehead atoms. The van der Waals surface area contributed by atoms with Crippen molar-refractivity contribution in [1.29, 1.82) is 0 Å². The first kappa shape index (κ1) is 20.3. The fourth-order valence-corrected chi connectivity index (χ4v) is 3.74. The highest BCUT2D eigenvalue weighted by Gasteiger charge is 2.29. The number of hydrogen-bond donors (Lipinski definition) is 3. The SMILES string of the molecule is Cc1cocc1C(=O)n1nc(C2CNCCC2C)nc1NCc1ccc(CN)cc1. The van der Waals surface area contributed by atoms with E-state index in [-0.39, 0.29) is 11.8 Å². The van der Waals surface area contributed by atoms with E-state index in [1.54, 1.807) is 6.26 Å². The molecule has 0 saturated carbocycles. The molecule has 0 radical (unpaired) electrons. The third-order valence-electron chi connectivity index (χ3n) is 5.77. The van der Waals surface area contributed by atoms with Crippen LogP contribution in [0.4, 0.5) is 5.95 Å². The molecule has 3 aromatic rings. The molecule has 0 amide bonds. The number of aromatic nitrogens is 3. The Morgan fingerprint density at radius 2 is 2.07 bits per heavy atom. The Morgan fingerprint density at radius 3 is 2.73 bits per heavy atom. The molecular formula is C22H28N6O2. The van der Waals surface area contributed by atoms with E-state index in [9.17, 15) is 4.79 Å². The van der Waals surface area contributed by atoms with Crippen LogP contribution in [0, 0.1) is 12.8 Å². The van der Waals surface area contributed by atoms with Gasteiger partial charge < -0.3 is 20.8 Å². The standard InChI is InChI=1S/C22H28N6O2/c1-14-7-8-24-11-18(14)20-26-22(25-10-17-5-3-16(9-23)4-6-17)28(27-20)21(29)19-13-30-12-15(19)2/h3-6,12-14,18,24H,7-11,23H2,1-2H3,(H,25,26,27). The van der Waals surface area contributed by atoms with Crippen LogP contribution < -0.4 is 16.4 Å². The van der Waals surface area contributed by atoms with Gasteiger partial charge in [0.25, 0.3) is 5.91 Å². The quantitative estimate of drug-likeness (QED) is 0.575. The molecule has 0 spiro atoms. The van der Waals surface area contributed by atoms with Crippen molar-refractivity contribution in [3.8, 4) is 0 Å². The molecule has 1 aliphatic rings. The van der Waals surface area contributed by atoms with Gasteiger partial charge in [0.05, 0.1) is 11.8 Å². The highest BCUT2D eigenvalue weighted by atomic mass is 16.3. The minimum absolute atomic E-state index is 0.169. The summed E-state index contributed by atoms with van der Waals surface area (Å²) in [5.41, 5.74) is 9.08. The van der Waals surface area contributed by atoms with Gasteiger partial charge in [-0.2, -0.15) is 9.67 Å². The minimum Gasteiger partial charge on any atom is -0.471 e. The summed E-state index contributed by atoms with van der Waals surface area (Å²) < 4.78 is 6.56. The van der Waals surface area contributed by atoms with Crippen molar-refractivity contribution in [3.63, 3.8) is 0 Å². The highest BCUT2D eigenvalue weighted by Crippen LogP contribution is 2.28. The smallest absolute Gasteiger partial charge is 0.284 e. The summed E-state index contributed by atoms with van der Waals surface area (Å²) in [5, 5.41) is 11.3. The number of furan rings is 1. The van der Waals surface area contributed by atoms with E-state index < -0.39 is 0 Å². The lowest BCUT2D eigenvalue weighted by molar-refractivity contribution is 0.0945. The zero-order valence-electron chi connectivity index (χ0n) is 17.4. The van der Waals surface area contributed by atoms with Crippen LogP contribution in [0.3, 0.4) is 0 Å². The van der Waals surface area contributed by atoms with Crippen molar-refractivity contribution < 1.29 is 9.21 Å². The summed E-state index contributed by atoms with van der Waals surface area (Å²) >= 11 is 0. The first-order valence-corrected chi connectivity index (χ1v) is 10.3. The number of carbonyl (C=O) groups is 1. The number of carbonyl (C=O) groups excluding carboxylic acids is 1. The van der Waals surface area contributed by atoms with E-state index in [1.807, 2.05) is 31.2 Å². The van der Waals surface area contributed by atoms with E-state index in [0.717, 1.165) is 36.2 Å². The lowest BCUT2D eigenvalue weighted by atomic mass is 9.88. The number of nitrogens with one attached hydrogen (secondary N) is 2. The Labute approximate surface area is 175 Å². The molecular weight excluding hydrogens is 380 g/mol. The molecule has 1 fully saturated rings. The Morgan fingerprint density at radius 1 is 1.30 bits per heavy atom. The molecule has 2 aromatic heterocycles. The van der Waals surface area contributed by atoms with Gasteiger partial charge in [-0.25, -0.2) is 0 Å². The highest BCUT2D eigenvalue weighted by molar-refractivity contribution is 5.97. The Balaban J connectivity index is 1.62. The van der Waals surface area contributed by atoms with Crippen LogP contribution in [0.1, 0.15) is 52.1 Å². The summed E-state index contributed by atoms with van der Waals surface area (Å²) in [5.74, 6) is 1.49. The third kappa shape index (κ3) is 4.15. The van der Waals surface area contributed by atoms with E-state index in [0.29, 0.717) is 36.3 Å². The maximum atomic E-state index is 13.2. The minimum atomic E-state index is -0.252. The molecule has 4 rings (SSSR count). The van der Waals surface area contributed by atoms with Crippen molar-refractivity contribution in [2.75, 3.05) is 18.4 Å². The van der Waals surface area contributed by atoms with Crippen molar-refractivity contribution in [2.45, 2.75) is 39.3 Å². The number of piperidine rings is 1. The Hall–Kier alpha value is -2.97. The summed E-state index contributed by atoms with van der Waals surface area (Å²) in [6.07, 6.45) is 4.08. The molecule has 8 heteroatoms. The second-order valence-electron chi connectivity index (χ2n) is 7.93. The second kappa shape index (κ2) is 8.81. The summed E-state index contributed by atoms with van der Waals surface area (Å²) in [4.78, 5) is 17.9. The van der Waals surface area contributed by atoms with Crippen molar-refractivity contribution in [3.05, 3.63) is 64.9 Å². The van der Waals surface area contributed by atoms with Gasteiger partial charge in [-0.05, 0) is 36.9 Å². The molecule has 2 atom stereocenters. The topological polar surface area (TPSA) is 111 Å². The van der Waals surface area contributed by atoms with Gasteiger partial charge in [0.1, 0.15) is 6.26 Å². The predicted molar refractivity (Wildman–Crippen MR) is 114 cm³/mol. The van der Waals surface area contributed by atoms with Gasteiger partial charge in [0.15, 0.2) is 5.82 Å². The van der Waals surface area contributed by atoms with E-state index in [1.165, 1.54) is 10.9 Å². The zero-order valence-corrected chi connectivity index (χ0v) is 17.4. The first-order valence-electron chi connectivity index (χ1n) is 10.3. The summed E-state index contributed by atoms with van der Waals surface area (Å²) in [6, 6.07) is 8.04. The van der Waals surface area contributed by atoms with Gasteiger partial charge in [-0.3, -0.25) is 4.79 Å². The molecule has 1 saturated heterocycles. The van der Waals surface area contributed by atoms with Crippen LogP contribution in [-0.4, -0.2) is 33.8 Å². The van der Waals surface area contributed by atoms with E-state index >= 15 is 0 Å². The van der Waals surface area contributed by atoms with Crippen molar-refractivity contribution >= 4 is 11.9 Å². The molecule has 4 N–H and O–H groups in total. The molecule has 1 aromatic carbocycles. The molecule has 1 aliphatic heterocycles. The average Bonchev–Trinajstić information content (AvgIpc) is 3.39. The molecule has 158 valence electrons. The van der Waals surface area contributed by atoms with Crippen LogP contribution in [0.25, 0.3) is 0 Å². The second-order valence-corrected chi connectivity index (χ2v) is 7.93. The number of nitrogens with zero attached hydrogens (tertiary/aromatic N) is 3. The maximum Gasteiger partial charge on any atom is 0.284 e. The largest absolute Gasteiger partial charge is 0.471 e. The van der Waals surface area contributed by atoms with Crippen LogP contribution in [0.5, 0.6) is 0 Å². The average molecular weight is 409 g/mol. The van der Waals surface area contributed by atoms with Crippen LogP contribution in [-0.2, 0) is 13.1 Å². The molecule has 2 unspecified atom stereocenters. The molecule has 0 aliphatic carbocycles.